The summed E-state index contributed by atoms with van der Waals surface area (Å²) in [6, 6.07) is 21.1. The molecule has 1 amide bonds. The fraction of sp³-hybridized carbons (Fsp3) is 0.0455. The predicted octanol–water partition coefficient (Wildman–Crippen LogP) is 5.28. The van der Waals surface area contributed by atoms with Crippen molar-refractivity contribution in [3.05, 3.63) is 90.4 Å². The Morgan fingerprint density at radius 3 is 2.63 bits per heavy atom. The summed E-state index contributed by atoms with van der Waals surface area (Å²) in [6.07, 6.45) is 1.90. The number of carbonyl (C=O) groups is 1. The van der Waals surface area contributed by atoms with Gasteiger partial charge in [-0.2, -0.15) is 0 Å². The van der Waals surface area contributed by atoms with E-state index in [0.717, 1.165) is 10.9 Å². The summed E-state index contributed by atoms with van der Waals surface area (Å²) in [6.45, 7) is 0. The first-order valence-corrected chi connectivity index (χ1v) is 8.56. The van der Waals surface area contributed by atoms with Crippen molar-refractivity contribution in [3.63, 3.8) is 0 Å². The van der Waals surface area contributed by atoms with E-state index in [4.69, 9.17) is 4.74 Å². The summed E-state index contributed by atoms with van der Waals surface area (Å²) in [4.78, 5) is 15.5. The van der Waals surface area contributed by atoms with Gasteiger partial charge in [0, 0.05) is 17.1 Å². The number of rotatable bonds is 5. The third-order valence-corrected chi connectivity index (χ3v) is 4.21. The Kier molecular flexibility index (Phi) is 4.58. The van der Waals surface area contributed by atoms with Crippen molar-refractivity contribution >= 4 is 22.5 Å². The molecule has 1 heterocycles. The van der Waals surface area contributed by atoms with Gasteiger partial charge in [0.15, 0.2) is 5.75 Å². The molecule has 0 spiro atoms. The second-order valence-electron chi connectivity index (χ2n) is 6.14. The second kappa shape index (κ2) is 7.33. The van der Waals surface area contributed by atoms with Crippen molar-refractivity contribution in [2.45, 2.75) is 6.42 Å². The molecule has 0 atom stereocenters. The standard InChI is InChI=1S/C22H17FN2O2/c23-16-10-11-18-15(14-24-20(18)13-16)12-22(26)25-19-8-4-5-9-21(19)27-17-6-2-1-3-7-17/h1-11,13-14,24H,12H2,(H,25,26). The van der Waals surface area contributed by atoms with Gasteiger partial charge in [-0.25, -0.2) is 4.39 Å². The molecule has 0 aliphatic rings. The first-order valence-electron chi connectivity index (χ1n) is 8.56. The molecule has 0 aliphatic heterocycles. The Morgan fingerprint density at radius 1 is 1.00 bits per heavy atom. The number of halogens is 1. The van der Waals surface area contributed by atoms with Gasteiger partial charge < -0.3 is 15.0 Å². The molecule has 27 heavy (non-hydrogen) atoms. The lowest BCUT2D eigenvalue weighted by Crippen LogP contribution is -2.14. The van der Waals surface area contributed by atoms with Crippen LogP contribution in [0.4, 0.5) is 10.1 Å². The molecule has 4 aromatic rings. The highest BCUT2D eigenvalue weighted by Gasteiger charge is 2.12. The molecule has 0 aliphatic carbocycles. The minimum atomic E-state index is -0.313. The molecule has 0 saturated heterocycles. The molecule has 0 radical (unpaired) electrons. The van der Waals surface area contributed by atoms with E-state index in [-0.39, 0.29) is 18.1 Å². The maximum absolute atomic E-state index is 13.3. The summed E-state index contributed by atoms with van der Waals surface area (Å²) >= 11 is 0. The molecule has 0 bridgehead atoms. The fourth-order valence-electron chi connectivity index (χ4n) is 2.95. The van der Waals surface area contributed by atoms with Crippen LogP contribution < -0.4 is 10.1 Å². The highest BCUT2D eigenvalue weighted by molar-refractivity contribution is 5.96. The highest BCUT2D eigenvalue weighted by atomic mass is 19.1. The molecule has 0 unspecified atom stereocenters. The largest absolute Gasteiger partial charge is 0.455 e. The van der Waals surface area contributed by atoms with Crippen LogP contribution in [-0.4, -0.2) is 10.9 Å². The molecule has 134 valence electrons. The van der Waals surface area contributed by atoms with Gasteiger partial charge in [-0.05, 0) is 48.0 Å². The van der Waals surface area contributed by atoms with E-state index in [9.17, 15) is 9.18 Å². The number of anilines is 1. The summed E-state index contributed by atoms with van der Waals surface area (Å²) in [5.74, 6) is 0.771. The minimum absolute atomic E-state index is 0.172. The summed E-state index contributed by atoms with van der Waals surface area (Å²) < 4.78 is 19.2. The Balaban J connectivity index is 1.51. The van der Waals surface area contributed by atoms with Crippen LogP contribution >= 0.6 is 0 Å². The van der Waals surface area contributed by atoms with E-state index in [1.165, 1.54) is 12.1 Å². The molecular formula is C22H17FN2O2. The molecule has 0 saturated carbocycles. The average molecular weight is 360 g/mol. The number of carbonyl (C=O) groups excluding carboxylic acids is 1. The Hall–Kier alpha value is -3.60. The first-order chi connectivity index (χ1) is 13.2. The van der Waals surface area contributed by atoms with Gasteiger partial charge in [0.25, 0.3) is 0 Å². The molecule has 4 nitrogen and oxygen atoms in total. The zero-order valence-electron chi connectivity index (χ0n) is 14.4. The zero-order valence-corrected chi connectivity index (χ0v) is 14.4. The van der Waals surface area contributed by atoms with Crippen LogP contribution in [-0.2, 0) is 11.2 Å². The number of fused-ring (bicyclic) bond motifs is 1. The second-order valence-corrected chi connectivity index (χ2v) is 6.14. The predicted molar refractivity (Wildman–Crippen MR) is 104 cm³/mol. The molecule has 2 N–H and O–H groups in total. The lowest BCUT2D eigenvalue weighted by atomic mass is 10.1. The van der Waals surface area contributed by atoms with Gasteiger partial charge in [-0.15, -0.1) is 0 Å². The number of benzene rings is 3. The van der Waals surface area contributed by atoms with Crippen LogP contribution in [0.15, 0.2) is 79.0 Å². The maximum Gasteiger partial charge on any atom is 0.228 e. The van der Waals surface area contributed by atoms with Crippen molar-refractivity contribution in [2.24, 2.45) is 0 Å². The summed E-state index contributed by atoms with van der Waals surface area (Å²) in [5.41, 5.74) is 2.08. The number of hydrogen-bond acceptors (Lipinski definition) is 2. The van der Waals surface area contributed by atoms with E-state index in [2.05, 4.69) is 10.3 Å². The molecule has 5 heteroatoms. The zero-order chi connectivity index (χ0) is 18.6. The van der Waals surface area contributed by atoms with Crippen molar-refractivity contribution in [1.29, 1.82) is 0 Å². The van der Waals surface area contributed by atoms with Gasteiger partial charge in [0.05, 0.1) is 12.1 Å². The van der Waals surface area contributed by atoms with Crippen molar-refractivity contribution in [3.8, 4) is 11.5 Å². The topological polar surface area (TPSA) is 54.1 Å². The third-order valence-electron chi connectivity index (χ3n) is 4.21. The number of H-pyrrole nitrogens is 1. The van der Waals surface area contributed by atoms with Crippen LogP contribution in [0.5, 0.6) is 11.5 Å². The molecular weight excluding hydrogens is 343 g/mol. The van der Waals surface area contributed by atoms with Crippen LogP contribution in [0, 0.1) is 5.82 Å². The van der Waals surface area contributed by atoms with Crippen LogP contribution in [0.3, 0.4) is 0 Å². The monoisotopic (exact) mass is 360 g/mol. The van der Waals surface area contributed by atoms with Gasteiger partial charge in [0.2, 0.25) is 5.91 Å². The van der Waals surface area contributed by atoms with Crippen molar-refractivity contribution in [1.82, 2.24) is 4.98 Å². The Bertz CT molecular complexity index is 1090. The lowest BCUT2D eigenvalue weighted by molar-refractivity contribution is -0.115. The number of aromatic nitrogens is 1. The van der Waals surface area contributed by atoms with Crippen LogP contribution in [0.2, 0.25) is 0 Å². The lowest BCUT2D eigenvalue weighted by Gasteiger charge is -2.12. The normalized spacial score (nSPS) is 10.7. The maximum atomic E-state index is 13.3. The van der Waals surface area contributed by atoms with Crippen molar-refractivity contribution in [2.75, 3.05) is 5.32 Å². The summed E-state index contributed by atoms with van der Waals surface area (Å²) in [7, 11) is 0. The van der Waals surface area contributed by atoms with Crippen LogP contribution in [0.1, 0.15) is 5.56 Å². The third kappa shape index (κ3) is 3.82. The first kappa shape index (κ1) is 16.8. The highest BCUT2D eigenvalue weighted by Crippen LogP contribution is 2.29. The van der Waals surface area contributed by atoms with Gasteiger partial charge in [0.1, 0.15) is 11.6 Å². The van der Waals surface area contributed by atoms with E-state index in [1.807, 2.05) is 42.5 Å². The van der Waals surface area contributed by atoms with Gasteiger partial charge in [-0.1, -0.05) is 30.3 Å². The quantitative estimate of drug-likeness (QED) is 0.509. The minimum Gasteiger partial charge on any atom is -0.455 e. The SMILES string of the molecule is O=C(Cc1c[nH]c2cc(F)ccc12)Nc1ccccc1Oc1ccccc1. The summed E-state index contributed by atoms with van der Waals surface area (Å²) in [5, 5.41) is 3.73. The number of ether oxygens (including phenoxy) is 1. The number of amides is 1. The van der Waals surface area contributed by atoms with E-state index in [1.54, 1.807) is 24.4 Å². The smallest absolute Gasteiger partial charge is 0.228 e. The van der Waals surface area contributed by atoms with E-state index < -0.39 is 0 Å². The number of nitrogens with one attached hydrogen (secondary N) is 2. The fourth-order valence-corrected chi connectivity index (χ4v) is 2.95. The Labute approximate surface area is 155 Å². The van der Waals surface area contributed by atoms with Crippen molar-refractivity contribution < 1.29 is 13.9 Å². The van der Waals surface area contributed by atoms with Gasteiger partial charge in [-0.3, -0.25) is 4.79 Å². The number of hydrogen-bond donors (Lipinski definition) is 2. The molecule has 4 rings (SSSR count). The van der Waals surface area contributed by atoms with Gasteiger partial charge >= 0.3 is 0 Å². The molecule has 1 aromatic heterocycles. The molecule has 3 aromatic carbocycles. The van der Waals surface area contributed by atoms with E-state index in [0.29, 0.717) is 22.7 Å². The average Bonchev–Trinajstić information content (AvgIpc) is 3.06. The van der Waals surface area contributed by atoms with E-state index >= 15 is 0 Å². The number of para-hydroxylation sites is 3. The van der Waals surface area contributed by atoms with Crippen LogP contribution in [0.25, 0.3) is 10.9 Å². The Morgan fingerprint density at radius 2 is 1.78 bits per heavy atom. The molecule has 0 fully saturated rings. The number of aromatic amines is 1.